The van der Waals surface area contributed by atoms with E-state index in [1.807, 2.05) is 44.2 Å². The molecule has 5 heteroatoms. The highest BCUT2D eigenvalue weighted by atomic mass is 19.4. The van der Waals surface area contributed by atoms with E-state index in [1.165, 1.54) is 0 Å². The van der Waals surface area contributed by atoms with Gasteiger partial charge in [-0.25, -0.2) is 4.98 Å². The quantitative estimate of drug-likeness (QED) is 0.873. The summed E-state index contributed by atoms with van der Waals surface area (Å²) in [6.07, 6.45) is -4.44. The van der Waals surface area contributed by atoms with Gasteiger partial charge < -0.3 is 5.32 Å². The molecule has 0 spiro atoms. The Morgan fingerprint density at radius 2 is 1.76 bits per heavy atom. The van der Waals surface area contributed by atoms with Crippen LogP contribution in [-0.4, -0.2) is 4.98 Å². The second-order valence-electron chi connectivity index (χ2n) is 5.16. The first-order valence-corrected chi connectivity index (χ1v) is 6.73. The maximum atomic E-state index is 12.9. The Labute approximate surface area is 122 Å². The maximum Gasteiger partial charge on any atom is 0.433 e. The number of pyridine rings is 1. The highest BCUT2D eigenvalue weighted by molar-refractivity contribution is 5.42. The SMILES string of the molecule is CC(C)c1cc(NCc2ccccc2)nc(C(F)(F)F)c1. The fourth-order valence-electron chi connectivity index (χ4n) is 1.91. The zero-order valence-corrected chi connectivity index (χ0v) is 11.9. The fraction of sp³-hybridized carbons (Fsp3) is 0.312. The molecule has 0 saturated heterocycles. The summed E-state index contributed by atoms with van der Waals surface area (Å²) >= 11 is 0. The third-order valence-corrected chi connectivity index (χ3v) is 3.12. The Bertz CT molecular complexity index is 592. The normalized spacial score (nSPS) is 11.7. The zero-order valence-electron chi connectivity index (χ0n) is 11.9. The Kier molecular flexibility index (Phi) is 4.50. The van der Waals surface area contributed by atoms with E-state index in [0.717, 1.165) is 11.6 Å². The Morgan fingerprint density at radius 1 is 1.10 bits per heavy atom. The molecule has 21 heavy (non-hydrogen) atoms. The van der Waals surface area contributed by atoms with Gasteiger partial charge >= 0.3 is 6.18 Å². The molecule has 1 heterocycles. The lowest BCUT2D eigenvalue weighted by atomic mass is 10.0. The minimum absolute atomic E-state index is 0.00590. The summed E-state index contributed by atoms with van der Waals surface area (Å²) in [5.74, 6) is 0.253. The molecule has 0 atom stereocenters. The van der Waals surface area contributed by atoms with Gasteiger partial charge in [-0.2, -0.15) is 13.2 Å². The van der Waals surface area contributed by atoms with E-state index in [1.54, 1.807) is 6.07 Å². The summed E-state index contributed by atoms with van der Waals surface area (Å²) in [5.41, 5.74) is 0.750. The Morgan fingerprint density at radius 3 is 2.33 bits per heavy atom. The first-order valence-electron chi connectivity index (χ1n) is 6.73. The van der Waals surface area contributed by atoms with E-state index in [9.17, 15) is 13.2 Å². The second kappa shape index (κ2) is 6.16. The summed E-state index contributed by atoms with van der Waals surface area (Å²) in [7, 11) is 0. The van der Waals surface area contributed by atoms with Crippen LogP contribution in [0.1, 0.15) is 36.6 Å². The molecule has 0 aliphatic carbocycles. The monoisotopic (exact) mass is 294 g/mol. The lowest BCUT2D eigenvalue weighted by Gasteiger charge is -2.14. The van der Waals surface area contributed by atoms with Crippen molar-refractivity contribution in [2.45, 2.75) is 32.5 Å². The van der Waals surface area contributed by atoms with Gasteiger partial charge in [0, 0.05) is 6.54 Å². The van der Waals surface area contributed by atoms with Crippen molar-refractivity contribution >= 4 is 5.82 Å². The largest absolute Gasteiger partial charge is 0.433 e. The predicted molar refractivity (Wildman–Crippen MR) is 77.1 cm³/mol. The van der Waals surface area contributed by atoms with E-state index < -0.39 is 11.9 Å². The van der Waals surface area contributed by atoms with Gasteiger partial charge in [-0.15, -0.1) is 0 Å². The molecule has 0 fully saturated rings. The van der Waals surface area contributed by atoms with Gasteiger partial charge in [0.15, 0.2) is 0 Å². The first-order chi connectivity index (χ1) is 9.86. The third-order valence-electron chi connectivity index (χ3n) is 3.12. The third kappa shape index (κ3) is 4.21. The number of benzene rings is 1. The van der Waals surface area contributed by atoms with Gasteiger partial charge in [0.25, 0.3) is 0 Å². The van der Waals surface area contributed by atoms with E-state index in [2.05, 4.69) is 10.3 Å². The number of aromatic nitrogens is 1. The van der Waals surface area contributed by atoms with Crippen molar-refractivity contribution in [2.24, 2.45) is 0 Å². The fourth-order valence-corrected chi connectivity index (χ4v) is 1.91. The number of nitrogens with one attached hydrogen (secondary N) is 1. The second-order valence-corrected chi connectivity index (χ2v) is 5.16. The van der Waals surface area contributed by atoms with Crippen LogP contribution >= 0.6 is 0 Å². The van der Waals surface area contributed by atoms with Gasteiger partial charge in [0.2, 0.25) is 0 Å². The summed E-state index contributed by atoms with van der Waals surface area (Å²) in [6, 6.07) is 12.3. The number of alkyl halides is 3. The van der Waals surface area contributed by atoms with Crippen molar-refractivity contribution < 1.29 is 13.2 Å². The van der Waals surface area contributed by atoms with Crippen molar-refractivity contribution in [1.29, 1.82) is 0 Å². The number of anilines is 1. The van der Waals surface area contributed by atoms with Crippen molar-refractivity contribution in [3.8, 4) is 0 Å². The van der Waals surface area contributed by atoms with Crippen LogP contribution in [0, 0.1) is 0 Å². The highest BCUT2D eigenvalue weighted by Crippen LogP contribution is 2.31. The standard InChI is InChI=1S/C16H17F3N2/c1-11(2)13-8-14(16(17,18)19)21-15(9-13)20-10-12-6-4-3-5-7-12/h3-9,11H,10H2,1-2H3,(H,20,21). The minimum atomic E-state index is -4.44. The van der Waals surface area contributed by atoms with Crippen LogP contribution in [0.25, 0.3) is 0 Å². The van der Waals surface area contributed by atoms with Crippen LogP contribution < -0.4 is 5.32 Å². The van der Waals surface area contributed by atoms with Crippen LogP contribution in [0.5, 0.6) is 0 Å². The van der Waals surface area contributed by atoms with Crippen molar-refractivity contribution in [2.75, 3.05) is 5.32 Å². The van der Waals surface area contributed by atoms with Crippen LogP contribution in [0.4, 0.5) is 19.0 Å². The predicted octanol–water partition coefficient (Wildman–Crippen LogP) is 4.84. The van der Waals surface area contributed by atoms with Crippen LogP contribution in [0.2, 0.25) is 0 Å². The maximum absolute atomic E-state index is 12.9. The summed E-state index contributed by atoms with van der Waals surface area (Å²) in [4.78, 5) is 3.67. The van der Waals surface area contributed by atoms with Gasteiger partial charge in [0.05, 0.1) is 0 Å². The lowest BCUT2D eigenvalue weighted by Crippen LogP contribution is -2.12. The summed E-state index contributed by atoms with van der Waals surface area (Å²) in [5, 5.41) is 2.96. The Hall–Kier alpha value is -2.04. The topological polar surface area (TPSA) is 24.9 Å². The molecule has 1 aromatic carbocycles. The zero-order chi connectivity index (χ0) is 15.5. The minimum Gasteiger partial charge on any atom is -0.366 e. The molecule has 0 unspecified atom stereocenters. The molecule has 112 valence electrons. The molecular formula is C16H17F3N2. The van der Waals surface area contributed by atoms with Gasteiger partial charge in [-0.1, -0.05) is 44.2 Å². The molecule has 0 saturated carbocycles. The molecule has 0 aliphatic rings. The van der Waals surface area contributed by atoms with Crippen LogP contribution in [-0.2, 0) is 12.7 Å². The Balaban J connectivity index is 2.24. The molecule has 2 aromatic rings. The van der Waals surface area contributed by atoms with E-state index in [0.29, 0.717) is 12.1 Å². The van der Waals surface area contributed by atoms with E-state index in [-0.39, 0.29) is 11.7 Å². The van der Waals surface area contributed by atoms with Crippen LogP contribution in [0.3, 0.4) is 0 Å². The molecule has 2 nitrogen and oxygen atoms in total. The van der Waals surface area contributed by atoms with Crippen molar-refractivity contribution in [3.05, 3.63) is 59.3 Å². The highest BCUT2D eigenvalue weighted by Gasteiger charge is 2.33. The first kappa shape index (κ1) is 15.4. The van der Waals surface area contributed by atoms with Crippen LogP contribution in [0.15, 0.2) is 42.5 Å². The molecule has 0 amide bonds. The van der Waals surface area contributed by atoms with Crippen molar-refractivity contribution in [3.63, 3.8) is 0 Å². The smallest absolute Gasteiger partial charge is 0.366 e. The molecule has 1 aromatic heterocycles. The summed E-state index contributed by atoms with van der Waals surface area (Å²) in [6.45, 7) is 4.15. The average molecular weight is 294 g/mol. The molecular weight excluding hydrogens is 277 g/mol. The van der Waals surface area contributed by atoms with Gasteiger partial charge in [-0.05, 0) is 29.2 Å². The molecule has 0 aliphatic heterocycles. The van der Waals surface area contributed by atoms with Gasteiger partial charge in [0.1, 0.15) is 11.5 Å². The number of halogens is 3. The van der Waals surface area contributed by atoms with Gasteiger partial charge in [-0.3, -0.25) is 0 Å². The molecule has 2 rings (SSSR count). The molecule has 0 bridgehead atoms. The molecule has 1 N–H and O–H groups in total. The lowest BCUT2D eigenvalue weighted by molar-refractivity contribution is -0.141. The number of nitrogens with zero attached hydrogens (tertiary/aromatic N) is 1. The number of hydrogen-bond acceptors (Lipinski definition) is 2. The van der Waals surface area contributed by atoms with E-state index >= 15 is 0 Å². The average Bonchev–Trinajstić information content (AvgIpc) is 2.45. The number of rotatable bonds is 4. The number of hydrogen-bond donors (Lipinski definition) is 1. The van der Waals surface area contributed by atoms with E-state index in [4.69, 9.17) is 0 Å². The van der Waals surface area contributed by atoms with Crippen molar-refractivity contribution in [1.82, 2.24) is 4.98 Å². The molecule has 0 radical (unpaired) electrons. The summed E-state index contributed by atoms with van der Waals surface area (Å²) < 4.78 is 38.7.